The Kier molecular flexibility index (Phi) is 23.2. The van der Waals surface area contributed by atoms with E-state index in [1.54, 1.807) is 79.3 Å². The van der Waals surface area contributed by atoms with Crippen LogP contribution in [0.15, 0.2) is 291 Å². The van der Waals surface area contributed by atoms with Crippen LogP contribution in [0.2, 0.25) is 0 Å². The molecule has 420 valence electrons. The molecular weight excluding hydrogens is 1190 g/mol. The fraction of sp³-hybridized carbons (Fsp3) is 0.0597. The Hall–Kier alpha value is -9.51. The number of nitrogens with one attached hydrogen (secondary N) is 1. The molecule has 0 aliphatic heterocycles. The Morgan fingerprint density at radius 2 is 0.711 bits per heavy atom. The lowest BCUT2D eigenvalue weighted by Gasteiger charge is -2.26. The number of benzene rings is 8. The Morgan fingerprint density at radius 1 is 0.373 bits per heavy atom. The molecule has 3 aromatic heterocycles. The van der Waals surface area contributed by atoms with Crippen molar-refractivity contribution in [2.45, 2.75) is 26.2 Å². The van der Waals surface area contributed by atoms with Gasteiger partial charge in [0.1, 0.15) is 23.3 Å². The third-order valence-electron chi connectivity index (χ3n) is 12.2. The van der Waals surface area contributed by atoms with Crippen LogP contribution in [-0.4, -0.2) is 14.1 Å². The lowest BCUT2D eigenvalue weighted by atomic mass is 10.1. The van der Waals surface area contributed by atoms with Crippen molar-refractivity contribution >= 4 is 54.6 Å². The van der Waals surface area contributed by atoms with Gasteiger partial charge in [0.05, 0.1) is 34.1 Å². The Bertz CT molecular complexity index is 3870. The molecule has 10 nitrogen and oxygen atoms in total. The van der Waals surface area contributed by atoms with Crippen LogP contribution in [-0.2, 0) is 26.2 Å². The van der Waals surface area contributed by atoms with Crippen molar-refractivity contribution in [1.29, 1.82) is 0 Å². The van der Waals surface area contributed by atoms with Gasteiger partial charge in [0.2, 0.25) is 5.56 Å². The molecule has 0 spiro atoms. The third kappa shape index (κ3) is 19.3. The molecule has 3 heterocycles. The van der Waals surface area contributed by atoms with E-state index in [1.807, 2.05) is 114 Å². The van der Waals surface area contributed by atoms with Crippen LogP contribution in [0.4, 0.5) is 40.3 Å². The monoisotopic (exact) mass is 1240 g/mol. The van der Waals surface area contributed by atoms with Crippen LogP contribution >= 0.6 is 31.9 Å². The smallest absolute Gasteiger partial charge is 0.255 e. The summed E-state index contributed by atoms with van der Waals surface area (Å²) in [4.78, 5) is 40.3. The molecule has 0 bridgehead atoms. The molecule has 0 unspecified atom stereocenters. The number of nitrogen functional groups attached to an aromatic ring is 2. The van der Waals surface area contributed by atoms with Gasteiger partial charge in [-0.15, -0.1) is 0 Å². The number of halogens is 6. The molecule has 16 heteroatoms. The number of nitrogens with zero attached hydrogens (tertiary/aromatic N) is 4. The minimum atomic E-state index is -0.525. The normalized spacial score (nSPS) is 10.2. The van der Waals surface area contributed by atoms with E-state index in [1.165, 1.54) is 63.7 Å². The highest BCUT2D eigenvalue weighted by molar-refractivity contribution is 9.10. The summed E-state index contributed by atoms with van der Waals surface area (Å²) < 4.78 is 59.4. The van der Waals surface area contributed by atoms with Crippen LogP contribution in [0.1, 0.15) is 22.3 Å². The third-order valence-corrected chi connectivity index (χ3v) is 13.2. The number of hydrogen-bond donors (Lipinski definition) is 3. The average Bonchev–Trinajstić information content (AvgIpc) is 3.58. The lowest BCUT2D eigenvalue weighted by Crippen LogP contribution is -2.23. The summed E-state index contributed by atoms with van der Waals surface area (Å²) >= 11 is 6.42. The van der Waals surface area contributed by atoms with Crippen LogP contribution in [0.25, 0.3) is 11.4 Å². The van der Waals surface area contributed by atoms with E-state index in [4.69, 9.17) is 11.5 Å². The van der Waals surface area contributed by atoms with Crippen LogP contribution < -0.4 is 37.9 Å². The van der Waals surface area contributed by atoms with Crippen molar-refractivity contribution in [2.24, 2.45) is 0 Å². The molecule has 11 aromatic rings. The van der Waals surface area contributed by atoms with Gasteiger partial charge in [-0.2, -0.15) is 0 Å². The summed E-state index contributed by atoms with van der Waals surface area (Å²) in [7, 11) is 0. The van der Waals surface area contributed by atoms with Crippen molar-refractivity contribution in [3.63, 3.8) is 0 Å². The minimum absolute atomic E-state index is 0.0532. The number of H-pyrrole nitrogens is 1. The lowest BCUT2D eigenvalue weighted by molar-refractivity contribution is 0.613. The van der Waals surface area contributed by atoms with Crippen molar-refractivity contribution < 1.29 is 17.6 Å². The summed E-state index contributed by atoms with van der Waals surface area (Å²) in [6, 6.07) is 73.8. The van der Waals surface area contributed by atoms with Crippen molar-refractivity contribution in [3.05, 3.63) is 353 Å². The number of aromatic amines is 1. The van der Waals surface area contributed by atoms with E-state index >= 15 is 4.39 Å². The van der Waals surface area contributed by atoms with Gasteiger partial charge >= 0.3 is 0 Å². The molecule has 0 amide bonds. The average molecular weight is 1240 g/mol. The Morgan fingerprint density at radius 3 is 1.05 bits per heavy atom. The standard InChI is InChI=1S/C25H21FN2O.C20H17BrFN.C11H9FN2O.C6H5BrFN.C5H5NO/c26-23-17-22(28-16-8-7-13-25(28)29)14-15-24(23)27(18-20-9-3-1-4-10-20)19-21-11-5-2-6-12-21;21-18-11-12-20(19(22)13-18)23(14-16-7-3-1-4-8-16)15-17-9-5-2-6-10-17;12-9-7-8(4-5-10(9)13)14-6-2-1-3-11(14)15;7-4-1-2-6(9)5(8)3-4;7-5-3-1-2-4-6-5/h1-17H,18-19H2;1-13H,14-15H2;1-7H,13H2;1-3H,9H2;1-4H,(H,6,7). The first kappa shape index (κ1) is 61.1. The topological polar surface area (TPSA) is 135 Å². The van der Waals surface area contributed by atoms with E-state index < -0.39 is 5.82 Å². The first-order valence-corrected chi connectivity index (χ1v) is 27.4. The highest BCUT2D eigenvalue weighted by Gasteiger charge is 2.16. The van der Waals surface area contributed by atoms with Crippen molar-refractivity contribution in [1.82, 2.24) is 14.1 Å². The summed E-state index contributed by atoms with van der Waals surface area (Å²) in [6.45, 7) is 2.48. The molecular formula is C67H57Br2F4N7O3. The van der Waals surface area contributed by atoms with Gasteiger partial charge in [0, 0.05) is 84.0 Å². The zero-order valence-corrected chi connectivity index (χ0v) is 47.8. The molecule has 8 aromatic carbocycles. The number of anilines is 4. The maximum atomic E-state index is 15.2. The van der Waals surface area contributed by atoms with Gasteiger partial charge in [-0.3, -0.25) is 23.5 Å². The maximum Gasteiger partial charge on any atom is 0.255 e. The van der Waals surface area contributed by atoms with Gasteiger partial charge in [-0.05, 0) is 101 Å². The molecule has 0 radical (unpaired) electrons. The number of nitrogens with two attached hydrogens (primary N) is 2. The highest BCUT2D eigenvalue weighted by atomic mass is 79.9. The van der Waals surface area contributed by atoms with Gasteiger partial charge < -0.3 is 26.3 Å². The molecule has 0 fully saturated rings. The minimum Gasteiger partial charge on any atom is -0.396 e. The van der Waals surface area contributed by atoms with Crippen molar-refractivity contribution in [3.8, 4) is 11.4 Å². The second-order valence-electron chi connectivity index (χ2n) is 18.3. The van der Waals surface area contributed by atoms with Gasteiger partial charge in [-0.25, -0.2) is 17.6 Å². The molecule has 83 heavy (non-hydrogen) atoms. The van der Waals surface area contributed by atoms with E-state index in [2.05, 4.69) is 66.0 Å². The Balaban J connectivity index is 0.000000162. The molecule has 0 aliphatic rings. The van der Waals surface area contributed by atoms with E-state index in [-0.39, 0.29) is 45.5 Å². The van der Waals surface area contributed by atoms with Crippen LogP contribution in [0, 0.1) is 23.3 Å². The Labute approximate surface area is 495 Å². The van der Waals surface area contributed by atoms with Gasteiger partial charge in [0.15, 0.2) is 0 Å². The van der Waals surface area contributed by atoms with Crippen LogP contribution in [0.3, 0.4) is 0 Å². The number of rotatable bonds is 12. The second kappa shape index (κ2) is 31.5. The summed E-state index contributed by atoms with van der Waals surface area (Å²) in [5.41, 5.74) is 17.0. The fourth-order valence-electron chi connectivity index (χ4n) is 8.13. The molecule has 0 saturated heterocycles. The molecule has 5 N–H and O–H groups in total. The SMILES string of the molecule is Fc1cc(Br)ccc1N(Cc1ccccc1)Cc1ccccc1.Nc1ccc(-n2ccccc2=O)cc1F.Nc1ccc(Br)cc1F.O=c1cccc[nH]1.O=c1ccccn1-c1ccc(N(Cc2ccccc2)Cc2ccccc2)c(F)c1. The highest BCUT2D eigenvalue weighted by Crippen LogP contribution is 2.28. The quantitative estimate of drug-likeness (QED) is 0.0819. The first-order valence-electron chi connectivity index (χ1n) is 25.9. The largest absolute Gasteiger partial charge is 0.396 e. The molecule has 0 aliphatic carbocycles. The summed E-state index contributed by atoms with van der Waals surface area (Å²) in [5, 5.41) is 0. The molecule has 11 rings (SSSR count). The molecule has 0 saturated carbocycles. The van der Waals surface area contributed by atoms with Crippen LogP contribution in [0.5, 0.6) is 0 Å². The maximum absolute atomic E-state index is 15.2. The summed E-state index contributed by atoms with van der Waals surface area (Å²) in [6.07, 6.45) is 4.82. The zero-order chi connectivity index (χ0) is 58.9. The zero-order valence-electron chi connectivity index (χ0n) is 44.7. The first-order chi connectivity index (χ1) is 40.2. The van der Waals surface area contributed by atoms with Gasteiger partial charge in [-0.1, -0.05) is 171 Å². The van der Waals surface area contributed by atoms with Crippen molar-refractivity contribution in [2.75, 3.05) is 21.3 Å². The predicted octanol–water partition coefficient (Wildman–Crippen LogP) is 15.1. The molecule has 0 atom stereocenters. The summed E-state index contributed by atoms with van der Waals surface area (Å²) in [5.74, 6) is -1.48. The fourth-order valence-corrected chi connectivity index (χ4v) is 8.80. The predicted molar refractivity (Wildman–Crippen MR) is 334 cm³/mol. The van der Waals surface area contributed by atoms with Gasteiger partial charge in [0.25, 0.3) is 11.1 Å². The second-order valence-corrected chi connectivity index (χ2v) is 20.1. The number of aromatic nitrogens is 3. The van der Waals surface area contributed by atoms with E-state index in [0.717, 1.165) is 26.7 Å². The van der Waals surface area contributed by atoms with E-state index in [9.17, 15) is 27.6 Å². The number of hydrogen-bond acceptors (Lipinski definition) is 7. The number of pyridine rings is 3. The van der Waals surface area contributed by atoms with E-state index in [0.29, 0.717) is 53.4 Å².